The van der Waals surface area contributed by atoms with Gasteiger partial charge in [-0.1, -0.05) is 12.8 Å². The number of aromatic nitrogens is 1. The van der Waals surface area contributed by atoms with Crippen molar-refractivity contribution in [1.29, 1.82) is 5.26 Å². The molecule has 2 unspecified atom stereocenters. The van der Waals surface area contributed by atoms with E-state index < -0.39 is 5.97 Å². The normalized spacial score (nSPS) is 22.0. The Bertz CT molecular complexity index is 536. The smallest absolute Gasteiger partial charge is 0.306 e. The van der Waals surface area contributed by atoms with Gasteiger partial charge in [0.25, 0.3) is 0 Å². The van der Waals surface area contributed by atoms with Crippen LogP contribution in [0.4, 0.5) is 5.82 Å². The number of carbonyl (C=O) groups is 1. The monoisotopic (exact) mass is 273 g/mol. The number of hydrogen-bond acceptors (Lipinski definition) is 4. The van der Waals surface area contributed by atoms with Crippen LogP contribution in [0.2, 0.25) is 0 Å². The molecule has 2 N–H and O–H groups in total. The molecule has 1 aliphatic rings. The molecule has 1 aliphatic carbocycles. The summed E-state index contributed by atoms with van der Waals surface area (Å²) in [6.07, 6.45) is 5.38. The Kier molecular flexibility index (Phi) is 4.57. The van der Waals surface area contributed by atoms with Gasteiger partial charge < -0.3 is 10.4 Å². The minimum atomic E-state index is -0.714. The van der Waals surface area contributed by atoms with Gasteiger partial charge in [-0.15, -0.1) is 0 Å². The lowest BCUT2D eigenvalue weighted by Gasteiger charge is -2.28. The second kappa shape index (κ2) is 6.38. The number of nitriles is 1. The van der Waals surface area contributed by atoms with Crippen LogP contribution < -0.4 is 5.32 Å². The molecule has 0 saturated heterocycles. The Morgan fingerprint density at radius 1 is 1.55 bits per heavy atom. The molecule has 20 heavy (non-hydrogen) atoms. The van der Waals surface area contributed by atoms with Gasteiger partial charge in [0.15, 0.2) is 0 Å². The molecular weight excluding hydrogens is 254 g/mol. The van der Waals surface area contributed by atoms with Crippen LogP contribution >= 0.6 is 0 Å². The fraction of sp³-hybridized carbons (Fsp3) is 0.533. The molecule has 0 spiro atoms. The van der Waals surface area contributed by atoms with Gasteiger partial charge in [-0.05, 0) is 37.3 Å². The fourth-order valence-electron chi connectivity index (χ4n) is 2.84. The Balaban J connectivity index is 2.06. The maximum absolute atomic E-state index is 11.3. The van der Waals surface area contributed by atoms with Crippen molar-refractivity contribution in [2.75, 3.05) is 11.9 Å². The minimum Gasteiger partial charge on any atom is -0.481 e. The van der Waals surface area contributed by atoms with Crippen LogP contribution in [0, 0.1) is 30.1 Å². The van der Waals surface area contributed by atoms with Crippen LogP contribution in [0.25, 0.3) is 0 Å². The molecule has 106 valence electrons. The third-order valence-corrected chi connectivity index (χ3v) is 4.03. The Labute approximate surface area is 118 Å². The molecule has 1 heterocycles. The van der Waals surface area contributed by atoms with E-state index in [1.165, 1.54) is 0 Å². The molecule has 2 rings (SSSR count). The summed E-state index contributed by atoms with van der Waals surface area (Å²) < 4.78 is 0. The zero-order valence-electron chi connectivity index (χ0n) is 11.6. The van der Waals surface area contributed by atoms with Crippen molar-refractivity contribution in [3.8, 4) is 6.07 Å². The number of pyridine rings is 1. The summed E-state index contributed by atoms with van der Waals surface area (Å²) in [5.74, 6) is -0.335. The predicted molar refractivity (Wildman–Crippen MR) is 75.3 cm³/mol. The first-order valence-electron chi connectivity index (χ1n) is 6.96. The number of carboxylic acid groups (broad SMARTS) is 1. The average molecular weight is 273 g/mol. The number of carboxylic acids is 1. The molecule has 5 nitrogen and oxygen atoms in total. The minimum absolute atomic E-state index is 0.107. The Morgan fingerprint density at radius 3 is 3.00 bits per heavy atom. The van der Waals surface area contributed by atoms with Crippen molar-refractivity contribution >= 4 is 11.8 Å². The number of rotatable bonds is 4. The van der Waals surface area contributed by atoms with Gasteiger partial charge in [0.05, 0.1) is 11.5 Å². The van der Waals surface area contributed by atoms with Crippen molar-refractivity contribution in [3.05, 3.63) is 23.4 Å². The van der Waals surface area contributed by atoms with Gasteiger partial charge in [-0.25, -0.2) is 4.98 Å². The summed E-state index contributed by atoms with van der Waals surface area (Å²) in [5.41, 5.74) is 1.42. The van der Waals surface area contributed by atoms with Gasteiger partial charge in [-0.3, -0.25) is 4.79 Å². The molecule has 0 aliphatic heterocycles. The lowest BCUT2D eigenvalue weighted by molar-refractivity contribution is -0.144. The molecular formula is C15H19N3O2. The van der Waals surface area contributed by atoms with E-state index in [0.29, 0.717) is 17.9 Å². The van der Waals surface area contributed by atoms with Crippen molar-refractivity contribution in [2.24, 2.45) is 11.8 Å². The van der Waals surface area contributed by atoms with E-state index in [1.54, 1.807) is 12.3 Å². The molecule has 5 heteroatoms. The lowest BCUT2D eigenvalue weighted by Crippen LogP contribution is -2.32. The van der Waals surface area contributed by atoms with E-state index in [4.69, 9.17) is 5.26 Å². The number of anilines is 1. The van der Waals surface area contributed by atoms with E-state index in [0.717, 1.165) is 31.2 Å². The van der Waals surface area contributed by atoms with Crippen LogP contribution in [0.3, 0.4) is 0 Å². The van der Waals surface area contributed by atoms with Gasteiger partial charge in [0, 0.05) is 12.7 Å². The van der Waals surface area contributed by atoms with E-state index in [-0.39, 0.29) is 11.8 Å². The molecule has 1 saturated carbocycles. The molecule has 0 aromatic carbocycles. The number of aryl methyl sites for hydroxylation is 1. The van der Waals surface area contributed by atoms with Crippen LogP contribution in [-0.4, -0.2) is 22.6 Å². The van der Waals surface area contributed by atoms with Crippen molar-refractivity contribution in [1.82, 2.24) is 4.98 Å². The molecule has 1 aromatic heterocycles. The zero-order valence-corrected chi connectivity index (χ0v) is 11.6. The van der Waals surface area contributed by atoms with Crippen LogP contribution in [-0.2, 0) is 4.79 Å². The van der Waals surface area contributed by atoms with E-state index in [9.17, 15) is 9.90 Å². The maximum atomic E-state index is 11.3. The number of hydrogen-bond donors (Lipinski definition) is 2. The van der Waals surface area contributed by atoms with E-state index in [2.05, 4.69) is 16.4 Å². The summed E-state index contributed by atoms with van der Waals surface area (Å²) >= 11 is 0. The first-order valence-corrected chi connectivity index (χ1v) is 6.96. The predicted octanol–water partition coefficient (Wildman–Crippen LogP) is 2.56. The standard InChI is InChI=1S/C15H19N3O2/c1-10-6-7-17-14(13(10)8-16)18-9-11-4-2-3-5-12(11)15(19)20/h6-7,11-12H,2-5,9H2,1H3,(H,17,18)(H,19,20). The van der Waals surface area contributed by atoms with Crippen LogP contribution in [0.5, 0.6) is 0 Å². The van der Waals surface area contributed by atoms with E-state index in [1.807, 2.05) is 6.92 Å². The highest BCUT2D eigenvalue weighted by atomic mass is 16.4. The molecule has 0 bridgehead atoms. The molecule has 0 radical (unpaired) electrons. The maximum Gasteiger partial charge on any atom is 0.306 e. The molecule has 0 amide bonds. The van der Waals surface area contributed by atoms with Crippen molar-refractivity contribution in [2.45, 2.75) is 32.6 Å². The van der Waals surface area contributed by atoms with Gasteiger partial charge in [0.1, 0.15) is 11.9 Å². The topological polar surface area (TPSA) is 86.0 Å². The highest BCUT2D eigenvalue weighted by molar-refractivity contribution is 5.70. The SMILES string of the molecule is Cc1ccnc(NCC2CCCCC2C(=O)O)c1C#N. The van der Waals surface area contributed by atoms with Crippen molar-refractivity contribution in [3.63, 3.8) is 0 Å². The first-order chi connectivity index (χ1) is 9.63. The molecule has 1 fully saturated rings. The third-order valence-electron chi connectivity index (χ3n) is 4.03. The third kappa shape index (κ3) is 3.08. The van der Waals surface area contributed by atoms with E-state index >= 15 is 0 Å². The van der Waals surface area contributed by atoms with Crippen molar-refractivity contribution < 1.29 is 9.90 Å². The van der Waals surface area contributed by atoms with Crippen LogP contribution in [0.15, 0.2) is 12.3 Å². The quantitative estimate of drug-likeness (QED) is 0.880. The van der Waals surface area contributed by atoms with Crippen LogP contribution in [0.1, 0.15) is 36.8 Å². The summed E-state index contributed by atoms with van der Waals surface area (Å²) in [4.78, 5) is 15.4. The number of nitrogens with zero attached hydrogens (tertiary/aromatic N) is 2. The Morgan fingerprint density at radius 2 is 2.30 bits per heavy atom. The Hall–Kier alpha value is -2.09. The lowest BCUT2D eigenvalue weighted by atomic mass is 9.79. The molecule has 1 aromatic rings. The summed E-state index contributed by atoms with van der Waals surface area (Å²) in [6, 6.07) is 3.94. The largest absolute Gasteiger partial charge is 0.481 e. The zero-order chi connectivity index (χ0) is 14.5. The highest BCUT2D eigenvalue weighted by Crippen LogP contribution is 2.30. The second-order valence-electron chi connectivity index (χ2n) is 5.33. The van der Waals surface area contributed by atoms with Gasteiger partial charge in [-0.2, -0.15) is 5.26 Å². The highest BCUT2D eigenvalue weighted by Gasteiger charge is 2.30. The van der Waals surface area contributed by atoms with Gasteiger partial charge in [0.2, 0.25) is 0 Å². The van der Waals surface area contributed by atoms with Gasteiger partial charge >= 0.3 is 5.97 Å². The number of nitrogens with one attached hydrogen (secondary N) is 1. The average Bonchev–Trinajstić information content (AvgIpc) is 2.45. The first kappa shape index (κ1) is 14.3. The summed E-state index contributed by atoms with van der Waals surface area (Å²) in [6.45, 7) is 2.42. The summed E-state index contributed by atoms with van der Waals surface area (Å²) in [7, 11) is 0. The second-order valence-corrected chi connectivity index (χ2v) is 5.33. The summed E-state index contributed by atoms with van der Waals surface area (Å²) in [5, 5.41) is 21.6. The number of aliphatic carboxylic acids is 1. The molecule has 2 atom stereocenters. The fourth-order valence-corrected chi connectivity index (χ4v) is 2.84.